The maximum atomic E-state index is 4.78. The molecule has 2 aromatic rings. The van der Waals surface area contributed by atoms with E-state index in [2.05, 4.69) is 46.1 Å². The first kappa shape index (κ1) is 13.6. The lowest BCUT2D eigenvalue weighted by atomic mass is 9.98. The summed E-state index contributed by atoms with van der Waals surface area (Å²) in [4.78, 5) is 7.33. The van der Waals surface area contributed by atoms with Crippen LogP contribution in [0.15, 0.2) is 24.5 Å². The van der Waals surface area contributed by atoms with E-state index in [0.29, 0.717) is 0 Å². The number of likely N-dealkylation sites (tertiary alicyclic amines) is 1. The summed E-state index contributed by atoms with van der Waals surface area (Å²) in [6.45, 7) is 6.61. The standard InChI is InChI=1S/C16H24N4/c1-13-5-3-8-20-12-15(18-16(13)20)11-19-7-4-6-14(10-19)9-17-2/h3,5,8,12,14,17H,4,6-7,9-11H2,1-2H3. The molecule has 0 amide bonds. The highest BCUT2D eigenvalue weighted by molar-refractivity contribution is 5.47. The normalized spacial score (nSPS) is 20.6. The Labute approximate surface area is 120 Å². The second kappa shape index (κ2) is 5.94. The van der Waals surface area contributed by atoms with Crippen molar-refractivity contribution in [2.24, 2.45) is 5.92 Å². The predicted molar refractivity (Wildman–Crippen MR) is 81.9 cm³/mol. The first-order chi connectivity index (χ1) is 9.76. The van der Waals surface area contributed by atoms with Crippen molar-refractivity contribution in [2.75, 3.05) is 26.7 Å². The summed E-state index contributed by atoms with van der Waals surface area (Å²) in [5.74, 6) is 0.785. The number of piperidine rings is 1. The van der Waals surface area contributed by atoms with Crippen LogP contribution in [0.1, 0.15) is 24.1 Å². The fourth-order valence-corrected chi connectivity index (χ4v) is 3.26. The molecule has 0 aromatic carbocycles. The van der Waals surface area contributed by atoms with Crippen LogP contribution in [0.4, 0.5) is 0 Å². The van der Waals surface area contributed by atoms with Gasteiger partial charge in [-0.3, -0.25) is 4.90 Å². The molecule has 1 saturated heterocycles. The fraction of sp³-hybridized carbons (Fsp3) is 0.562. The van der Waals surface area contributed by atoms with Crippen molar-refractivity contribution in [1.29, 1.82) is 0 Å². The Hall–Kier alpha value is -1.39. The summed E-state index contributed by atoms with van der Waals surface area (Å²) in [6, 6.07) is 4.20. The zero-order valence-electron chi connectivity index (χ0n) is 12.5. The van der Waals surface area contributed by atoms with Crippen molar-refractivity contribution in [2.45, 2.75) is 26.3 Å². The minimum Gasteiger partial charge on any atom is -0.319 e. The third-order valence-corrected chi connectivity index (χ3v) is 4.21. The molecule has 20 heavy (non-hydrogen) atoms. The molecule has 1 aliphatic heterocycles. The molecule has 1 atom stereocenters. The number of imidazole rings is 1. The first-order valence-corrected chi connectivity index (χ1v) is 7.56. The van der Waals surface area contributed by atoms with Gasteiger partial charge >= 0.3 is 0 Å². The highest BCUT2D eigenvalue weighted by Crippen LogP contribution is 2.18. The van der Waals surface area contributed by atoms with Crippen molar-refractivity contribution >= 4 is 5.65 Å². The van der Waals surface area contributed by atoms with Gasteiger partial charge in [-0.1, -0.05) is 6.07 Å². The quantitative estimate of drug-likeness (QED) is 0.925. The number of pyridine rings is 1. The summed E-state index contributed by atoms with van der Waals surface area (Å²) in [5.41, 5.74) is 3.51. The van der Waals surface area contributed by atoms with E-state index < -0.39 is 0 Å². The number of nitrogens with one attached hydrogen (secondary N) is 1. The number of hydrogen-bond acceptors (Lipinski definition) is 3. The number of fused-ring (bicyclic) bond motifs is 1. The van der Waals surface area contributed by atoms with Crippen LogP contribution >= 0.6 is 0 Å². The molecule has 3 rings (SSSR count). The van der Waals surface area contributed by atoms with Crippen LogP contribution in [0.3, 0.4) is 0 Å². The lowest BCUT2D eigenvalue weighted by Crippen LogP contribution is -2.38. The molecule has 0 radical (unpaired) electrons. The van der Waals surface area contributed by atoms with Gasteiger partial charge in [-0.25, -0.2) is 4.98 Å². The lowest BCUT2D eigenvalue weighted by molar-refractivity contribution is 0.165. The van der Waals surface area contributed by atoms with Gasteiger partial charge in [0, 0.05) is 25.5 Å². The van der Waals surface area contributed by atoms with Gasteiger partial charge in [0.25, 0.3) is 0 Å². The molecule has 4 heteroatoms. The molecular formula is C16H24N4. The first-order valence-electron chi connectivity index (χ1n) is 7.56. The Balaban J connectivity index is 1.71. The summed E-state index contributed by atoms with van der Waals surface area (Å²) < 4.78 is 2.14. The Bertz CT molecular complexity index is 573. The Morgan fingerprint density at radius 2 is 2.35 bits per heavy atom. The zero-order valence-corrected chi connectivity index (χ0v) is 12.5. The highest BCUT2D eigenvalue weighted by Gasteiger charge is 2.20. The van der Waals surface area contributed by atoms with Crippen LogP contribution in [0.5, 0.6) is 0 Å². The molecule has 0 bridgehead atoms. The van der Waals surface area contributed by atoms with E-state index in [-0.39, 0.29) is 0 Å². The fourth-order valence-electron chi connectivity index (χ4n) is 3.26. The number of hydrogen-bond donors (Lipinski definition) is 1. The third-order valence-electron chi connectivity index (χ3n) is 4.21. The molecule has 1 N–H and O–H groups in total. The van der Waals surface area contributed by atoms with E-state index >= 15 is 0 Å². The van der Waals surface area contributed by atoms with Crippen LogP contribution in [-0.4, -0.2) is 41.0 Å². The second-order valence-corrected chi connectivity index (χ2v) is 5.96. The van der Waals surface area contributed by atoms with Crippen molar-refractivity contribution in [1.82, 2.24) is 19.6 Å². The number of nitrogens with zero attached hydrogens (tertiary/aromatic N) is 3. The summed E-state index contributed by atoms with van der Waals surface area (Å²) in [6.07, 6.45) is 6.91. The van der Waals surface area contributed by atoms with E-state index in [1.165, 1.54) is 37.2 Å². The van der Waals surface area contributed by atoms with Gasteiger partial charge in [0.05, 0.1) is 5.69 Å². The topological polar surface area (TPSA) is 32.6 Å². The van der Waals surface area contributed by atoms with E-state index in [1.54, 1.807) is 0 Å². The van der Waals surface area contributed by atoms with E-state index in [9.17, 15) is 0 Å². The number of rotatable bonds is 4. The molecule has 1 unspecified atom stereocenters. The van der Waals surface area contributed by atoms with E-state index in [4.69, 9.17) is 4.98 Å². The summed E-state index contributed by atoms with van der Waals surface area (Å²) in [7, 11) is 2.05. The van der Waals surface area contributed by atoms with Gasteiger partial charge in [0.15, 0.2) is 0 Å². The molecule has 1 fully saturated rings. The Morgan fingerprint density at radius 3 is 3.15 bits per heavy atom. The van der Waals surface area contributed by atoms with Crippen LogP contribution in [-0.2, 0) is 6.54 Å². The third kappa shape index (κ3) is 2.86. The average molecular weight is 272 g/mol. The van der Waals surface area contributed by atoms with Gasteiger partial charge in [-0.05, 0) is 57.5 Å². The maximum absolute atomic E-state index is 4.78. The zero-order chi connectivity index (χ0) is 13.9. The Morgan fingerprint density at radius 1 is 1.45 bits per heavy atom. The largest absolute Gasteiger partial charge is 0.319 e. The molecule has 1 aliphatic rings. The van der Waals surface area contributed by atoms with Crippen LogP contribution in [0.25, 0.3) is 5.65 Å². The Kier molecular flexibility index (Phi) is 4.03. The van der Waals surface area contributed by atoms with E-state index in [0.717, 1.165) is 24.7 Å². The number of aryl methyl sites for hydroxylation is 1. The monoisotopic (exact) mass is 272 g/mol. The van der Waals surface area contributed by atoms with Gasteiger partial charge < -0.3 is 9.72 Å². The lowest BCUT2D eigenvalue weighted by Gasteiger charge is -2.32. The van der Waals surface area contributed by atoms with Crippen LogP contribution < -0.4 is 5.32 Å². The molecule has 3 heterocycles. The average Bonchev–Trinajstić information content (AvgIpc) is 2.83. The predicted octanol–water partition coefficient (Wildman–Crippen LogP) is 2.07. The maximum Gasteiger partial charge on any atom is 0.139 e. The smallest absolute Gasteiger partial charge is 0.139 e. The summed E-state index contributed by atoms with van der Waals surface area (Å²) in [5, 5.41) is 3.30. The minimum absolute atomic E-state index is 0.785. The SMILES string of the molecule is CNCC1CCCN(Cc2cn3cccc(C)c3n2)C1. The second-order valence-electron chi connectivity index (χ2n) is 5.96. The van der Waals surface area contributed by atoms with Crippen molar-refractivity contribution < 1.29 is 0 Å². The van der Waals surface area contributed by atoms with Crippen LogP contribution in [0.2, 0.25) is 0 Å². The minimum atomic E-state index is 0.785. The van der Waals surface area contributed by atoms with Crippen molar-refractivity contribution in [3.8, 4) is 0 Å². The van der Waals surface area contributed by atoms with Gasteiger partial charge in [0.2, 0.25) is 0 Å². The van der Waals surface area contributed by atoms with Crippen molar-refractivity contribution in [3.63, 3.8) is 0 Å². The van der Waals surface area contributed by atoms with Crippen LogP contribution in [0, 0.1) is 12.8 Å². The van der Waals surface area contributed by atoms with Gasteiger partial charge in [0.1, 0.15) is 5.65 Å². The van der Waals surface area contributed by atoms with Crippen molar-refractivity contribution in [3.05, 3.63) is 35.8 Å². The van der Waals surface area contributed by atoms with Gasteiger partial charge in [-0.2, -0.15) is 0 Å². The molecular weight excluding hydrogens is 248 g/mol. The number of aromatic nitrogens is 2. The molecule has 2 aromatic heterocycles. The summed E-state index contributed by atoms with van der Waals surface area (Å²) >= 11 is 0. The van der Waals surface area contributed by atoms with E-state index in [1.807, 2.05) is 7.05 Å². The van der Waals surface area contributed by atoms with Gasteiger partial charge in [-0.15, -0.1) is 0 Å². The molecule has 0 aliphatic carbocycles. The molecule has 4 nitrogen and oxygen atoms in total. The molecule has 0 saturated carbocycles. The molecule has 108 valence electrons. The highest BCUT2D eigenvalue weighted by atomic mass is 15.2. The molecule has 0 spiro atoms.